The van der Waals surface area contributed by atoms with Crippen molar-refractivity contribution in [2.24, 2.45) is 5.73 Å². The van der Waals surface area contributed by atoms with E-state index in [1.165, 1.54) is 12.1 Å². The molecule has 2 N–H and O–H groups in total. The fourth-order valence-corrected chi connectivity index (χ4v) is 3.56. The van der Waals surface area contributed by atoms with Crippen LogP contribution in [0.3, 0.4) is 0 Å². The second kappa shape index (κ2) is 6.79. The molecule has 3 rings (SSSR count). The molecule has 1 aliphatic rings. The van der Waals surface area contributed by atoms with Crippen molar-refractivity contribution in [2.45, 2.75) is 25.0 Å². The van der Waals surface area contributed by atoms with Gasteiger partial charge in [0.25, 0.3) is 0 Å². The number of fused-ring (bicyclic) bond motifs is 1. The average molecular weight is 358 g/mol. The number of amides is 1. The number of hydroxylamine groups is 3. The highest BCUT2D eigenvalue weighted by atomic mass is 19.1. The minimum Gasteiger partial charge on any atom is -0.633 e. The molecule has 1 heterocycles. The molecule has 0 unspecified atom stereocenters. The van der Waals surface area contributed by atoms with Gasteiger partial charge in [0, 0.05) is 12.0 Å². The van der Waals surface area contributed by atoms with Crippen LogP contribution in [0.15, 0.2) is 42.5 Å². The largest absolute Gasteiger partial charge is 0.633 e. The van der Waals surface area contributed by atoms with E-state index < -0.39 is 11.5 Å². The SMILES string of the molecule is C[N+](C)([O-])CCC[C@@]1(c2ccc(F)cc2)OCc2cc(C(N)=O)ccc21. The maximum Gasteiger partial charge on any atom is 0.248 e. The third-order valence-electron chi connectivity index (χ3n) is 4.83. The lowest BCUT2D eigenvalue weighted by Gasteiger charge is -2.36. The Morgan fingerprint density at radius 1 is 1.27 bits per heavy atom. The van der Waals surface area contributed by atoms with Gasteiger partial charge in [0.1, 0.15) is 11.4 Å². The highest BCUT2D eigenvalue weighted by Crippen LogP contribution is 2.45. The average Bonchev–Trinajstić information content (AvgIpc) is 2.93. The molecule has 0 saturated carbocycles. The molecule has 1 atom stereocenters. The van der Waals surface area contributed by atoms with E-state index in [1.807, 2.05) is 6.07 Å². The Morgan fingerprint density at radius 3 is 2.58 bits per heavy atom. The van der Waals surface area contributed by atoms with Crippen molar-refractivity contribution >= 4 is 5.91 Å². The van der Waals surface area contributed by atoms with Crippen LogP contribution in [-0.2, 0) is 16.9 Å². The Kier molecular flexibility index (Phi) is 4.84. The fraction of sp³-hybridized carbons (Fsp3) is 0.350. The van der Waals surface area contributed by atoms with Crippen molar-refractivity contribution in [3.8, 4) is 0 Å². The number of quaternary nitrogens is 1. The van der Waals surface area contributed by atoms with E-state index in [1.54, 1.807) is 38.4 Å². The van der Waals surface area contributed by atoms with E-state index in [0.29, 0.717) is 31.6 Å². The van der Waals surface area contributed by atoms with Gasteiger partial charge in [0.15, 0.2) is 0 Å². The summed E-state index contributed by atoms with van der Waals surface area (Å²) in [5.41, 5.74) is 7.71. The second-order valence-corrected chi connectivity index (χ2v) is 7.26. The third kappa shape index (κ3) is 3.62. The van der Waals surface area contributed by atoms with Crippen LogP contribution >= 0.6 is 0 Å². The zero-order valence-corrected chi connectivity index (χ0v) is 15.0. The molecule has 2 aromatic carbocycles. The van der Waals surface area contributed by atoms with E-state index in [4.69, 9.17) is 10.5 Å². The van der Waals surface area contributed by atoms with Crippen LogP contribution in [0, 0.1) is 11.0 Å². The predicted molar refractivity (Wildman–Crippen MR) is 96.5 cm³/mol. The van der Waals surface area contributed by atoms with Crippen LogP contribution in [0.5, 0.6) is 0 Å². The molecule has 0 saturated heterocycles. The fourth-order valence-electron chi connectivity index (χ4n) is 3.56. The van der Waals surface area contributed by atoms with Crippen LogP contribution in [0.1, 0.15) is 39.9 Å². The van der Waals surface area contributed by atoms with Gasteiger partial charge in [-0.2, -0.15) is 0 Å². The molecule has 0 radical (unpaired) electrons. The minimum atomic E-state index is -0.756. The number of halogens is 1. The quantitative estimate of drug-likeness (QED) is 0.637. The number of hydrogen-bond donors (Lipinski definition) is 1. The lowest BCUT2D eigenvalue weighted by Crippen LogP contribution is -2.35. The number of benzene rings is 2. The van der Waals surface area contributed by atoms with E-state index in [-0.39, 0.29) is 10.5 Å². The van der Waals surface area contributed by atoms with E-state index in [9.17, 15) is 14.4 Å². The molecule has 1 aliphatic heterocycles. The summed E-state index contributed by atoms with van der Waals surface area (Å²) in [7, 11) is 3.21. The summed E-state index contributed by atoms with van der Waals surface area (Å²) >= 11 is 0. The molecule has 2 aromatic rings. The van der Waals surface area contributed by atoms with Crippen molar-refractivity contribution < 1.29 is 18.6 Å². The second-order valence-electron chi connectivity index (χ2n) is 7.26. The number of nitrogens with zero attached hydrogens (tertiary/aromatic N) is 1. The predicted octanol–water partition coefficient (Wildman–Crippen LogP) is 3.05. The summed E-state index contributed by atoms with van der Waals surface area (Å²) in [6.07, 6.45) is 1.23. The van der Waals surface area contributed by atoms with Gasteiger partial charge >= 0.3 is 0 Å². The molecule has 0 aliphatic carbocycles. The molecule has 6 heteroatoms. The number of carbonyl (C=O) groups excluding carboxylic acids is 1. The maximum atomic E-state index is 13.4. The number of hydrogen-bond acceptors (Lipinski definition) is 3. The number of primary amides is 1. The number of rotatable bonds is 6. The summed E-state index contributed by atoms with van der Waals surface area (Å²) in [5, 5.41) is 11.9. The number of ether oxygens (including phenoxy) is 1. The first kappa shape index (κ1) is 18.5. The molecule has 1 amide bonds. The van der Waals surface area contributed by atoms with E-state index >= 15 is 0 Å². The monoisotopic (exact) mass is 358 g/mol. The van der Waals surface area contributed by atoms with Gasteiger partial charge in [-0.1, -0.05) is 18.2 Å². The first-order valence-electron chi connectivity index (χ1n) is 8.58. The van der Waals surface area contributed by atoms with Gasteiger partial charge in [-0.3, -0.25) is 4.79 Å². The zero-order valence-electron chi connectivity index (χ0n) is 15.0. The van der Waals surface area contributed by atoms with Crippen molar-refractivity contribution in [3.63, 3.8) is 0 Å². The Bertz CT molecular complexity index is 815. The van der Waals surface area contributed by atoms with Crippen LogP contribution in [0.2, 0.25) is 0 Å². The number of carbonyl (C=O) groups is 1. The highest BCUT2D eigenvalue weighted by molar-refractivity contribution is 5.93. The Labute approximate surface area is 152 Å². The first-order chi connectivity index (χ1) is 12.2. The van der Waals surface area contributed by atoms with E-state index in [0.717, 1.165) is 16.7 Å². The summed E-state index contributed by atoms with van der Waals surface area (Å²) < 4.78 is 19.2. The molecule has 5 nitrogen and oxygen atoms in total. The summed E-state index contributed by atoms with van der Waals surface area (Å²) in [4.78, 5) is 11.5. The van der Waals surface area contributed by atoms with Crippen molar-refractivity contribution in [1.29, 1.82) is 0 Å². The Morgan fingerprint density at radius 2 is 1.96 bits per heavy atom. The highest BCUT2D eigenvalue weighted by Gasteiger charge is 2.41. The molecule has 0 spiro atoms. The van der Waals surface area contributed by atoms with E-state index in [2.05, 4.69) is 0 Å². The Balaban J connectivity index is 2.01. The van der Waals surface area contributed by atoms with Crippen LogP contribution in [0.25, 0.3) is 0 Å². The van der Waals surface area contributed by atoms with Crippen LogP contribution in [-0.4, -0.2) is 31.2 Å². The standard InChI is InChI=1S/C20H23FN2O3/c1-23(2,25)11-3-10-20(16-5-7-17(21)8-6-16)18-9-4-14(19(22)24)12-15(18)13-26-20/h4-9,12H,3,10-11,13H2,1-2H3,(H2,22,24)/t20-/m0/s1. The summed E-state index contributed by atoms with van der Waals surface area (Å²) in [6, 6.07) is 11.5. The van der Waals surface area contributed by atoms with Gasteiger partial charge in [-0.25, -0.2) is 4.39 Å². The normalized spacial score (nSPS) is 19.4. The van der Waals surface area contributed by atoms with Gasteiger partial charge in [0.2, 0.25) is 5.91 Å². The van der Waals surface area contributed by atoms with Crippen LogP contribution < -0.4 is 5.73 Å². The van der Waals surface area contributed by atoms with Crippen LogP contribution in [0.4, 0.5) is 4.39 Å². The van der Waals surface area contributed by atoms with Gasteiger partial charge in [-0.15, -0.1) is 0 Å². The lowest BCUT2D eigenvalue weighted by molar-refractivity contribution is -0.840. The van der Waals surface area contributed by atoms with Gasteiger partial charge in [-0.05, 0) is 47.4 Å². The third-order valence-corrected chi connectivity index (χ3v) is 4.83. The number of nitrogens with two attached hydrogens (primary N) is 1. The molecular formula is C20H23FN2O3. The molecule has 0 bridgehead atoms. The summed E-state index contributed by atoms with van der Waals surface area (Å²) in [6.45, 7) is 0.782. The zero-order chi connectivity index (χ0) is 18.9. The topological polar surface area (TPSA) is 75.4 Å². The Hall–Kier alpha value is -2.28. The molecule has 0 aromatic heterocycles. The van der Waals surface area contributed by atoms with Crippen molar-refractivity contribution in [1.82, 2.24) is 0 Å². The maximum absolute atomic E-state index is 13.4. The summed E-state index contributed by atoms with van der Waals surface area (Å²) in [5.74, 6) is -0.805. The molecule has 26 heavy (non-hydrogen) atoms. The minimum absolute atomic E-state index is 0.316. The first-order valence-corrected chi connectivity index (χ1v) is 8.58. The molecular weight excluding hydrogens is 335 g/mol. The van der Waals surface area contributed by atoms with Gasteiger partial charge in [0.05, 0.1) is 27.2 Å². The molecule has 0 fully saturated rings. The smallest absolute Gasteiger partial charge is 0.248 e. The van der Waals surface area contributed by atoms with Crippen molar-refractivity contribution in [3.05, 3.63) is 75.7 Å². The lowest BCUT2D eigenvalue weighted by atomic mass is 9.81. The van der Waals surface area contributed by atoms with Gasteiger partial charge < -0.3 is 20.3 Å². The molecule has 138 valence electrons. The van der Waals surface area contributed by atoms with Crippen molar-refractivity contribution in [2.75, 3.05) is 20.6 Å².